The number of hydrogen-bond donors (Lipinski definition) is 2. The van der Waals surface area contributed by atoms with E-state index in [9.17, 15) is 9.59 Å². The van der Waals surface area contributed by atoms with Gasteiger partial charge in [-0.1, -0.05) is 62.4 Å². The SMILES string of the molecule is CCC(COc1c2ccccc2c(OCC(CC)OC(=O)NC)c2ccccc12)OC(=O)NC. The molecule has 2 unspecified atom stereocenters. The van der Waals surface area contributed by atoms with Gasteiger partial charge < -0.3 is 29.6 Å². The first-order valence-corrected chi connectivity index (χ1v) is 11.5. The third-order valence-corrected chi connectivity index (χ3v) is 5.53. The number of nitrogens with one attached hydrogen (secondary N) is 2. The van der Waals surface area contributed by atoms with Crippen LogP contribution in [0.1, 0.15) is 26.7 Å². The van der Waals surface area contributed by atoms with E-state index < -0.39 is 12.2 Å². The highest BCUT2D eigenvalue weighted by molar-refractivity contribution is 6.11. The number of carbonyl (C=O) groups is 2. The Morgan fingerprint density at radius 3 is 1.26 bits per heavy atom. The van der Waals surface area contributed by atoms with Gasteiger partial charge in [-0.25, -0.2) is 9.59 Å². The number of rotatable bonds is 10. The minimum atomic E-state index is -0.488. The molecular weight excluding hydrogens is 436 g/mol. The Kier molecular flexibility index (Phi) is 8.79. The van der Waals surface area contributed by atoms with Crippen molar-refractivity contribution in [1.29, 1.82) is 0 Å². The van der Waals surface area contributed by atoms with E-state index in [-0.39, 0.29) is 25.4 Å². The Balaban J connectivity index is 1.97. The summed E-state index contributed by atoms with van der Waals surface area (Å²) < 4.78 is 23.3. The predicted molar refractivity (Wildman–Crippen MR) is 132 cm³/mol. The van der Waals surface area contributed by atoms with Crippen molar-refractivity contribution in [1.82, 2.24) is 10.6 Å². The average molecular weight is 469 g/mol. The van der Waals surface area contributed by atoms with Crippen molar-refractivity contribution in [2.75, 3.05) is 27.3 Å². The molecule has 34 heavy (non-hydrogen) atoms. The molecule has 3 aromatic carbocycles. The van der Waals surface area contributed by atoms with Crippen molar-refractivity contribution in [2.45, 2.75) is 38.9 Å². The van der Waals surface area contributed by atoms with Gasteiger partial charge in [0.15, 0.2) is 0 Å². The zero-order chi connectivity index (χ0) is 24.5. The van der Waals surface area contributed by atoms with Crippen molar-refractivity contribution in [3.63, 3.8) is 0 Å². The Morgan fingerprint density at radius 2 is 1.00 bits per heavy atom. The smallest absolute Gasteiger partial charge is 0.407 e. The minimum absolute atomic E-state index is 0.218. The van der Waals surface area contributed by atoms with Crippen LogP contribution in [0.2, 0.25) is 0 Å². The number of alkyl carbamates (subject to hydrolysis) is 2. The molecule has 0 saturated carbocycles. The van der Waals surface area contributed by atoms with Gasteiger partial charge in [0.05, 0.1) is 0 Å². The number of amides is 2. The standard InChI is InChI=1S/C26H32N2O6/c1-5-17(33-25(29)27-3)15-31-23-19-11-7-9-13-21(19)24(22-14-10-8-12-20(22)23)32-16-18(6-2)34-26(30)28-4/h7-14,17-18H,5-6,15-16H2,1-4H3,(H,27,29)(H,28,30). The van der Waals surface area contributed by atoms with Gasteiger partial charge in [-0.15, -0.1) is 0 Å². The summed E-state index contributed by atoms with van der Waals surface area (Å²) in [5.41, 5.74) is 0. The van der Waals surface area contributed by atoms with E-state index in [1.807, 2.05) is 62.4 Å². The van der Waals surface area contributed by atoms with Crippen molar-refractivity contribution >= 4 is 33.7 Å². The number of hydrogen-bond acceptors (Lipinski definition) is 6. The summed E-state index contributed by atoms with van der Waals surface area (Å²) in [5.74, 6) is 1.40. The minimum Gasteiger partial charge on any atom is -0.488 e. The van der Waals surface area contributed by atoms with E-state index >= 15 is 0 Å². The molecule has 3 rings (SSSR count). The Labute approximate surface area is 199 Å². The fourth-order valence-electron chi connectivity index (χ4n) is 3.60. The zero-order valence-corrected chi connectivity index (χ0v) is 20.1. The molecule has 2 N–H and O–H groups in total. The van der Waals surface area contributed by atoms with Gasteiger partial charge in [-0.2, -0.15) is 0 Å². The summed E-state index contributed by atoms with van der Waals surface area (Å²) in [6.45, 7) is 4.32. The van der Waals surface area contributed by atoms with E-state index in [1.54, 1.807) is 0 Å². The highest BCUT2D eigenvalue weighted by atomic mass is 16.6. The second-order valence-electron chi connectivity index (χ2n) is 7.74. The van der Waals surface area contributed by atoms with Crippen molar-refractivity contribution in [3.05, 3.63) is 48.5 Å². The van der Waals surface area contributed by atoms with Gasteiger partial charge in [-0.05, 0) is 12.8 Å². The van der Waals surface area contributed by atoms with Crippen LogP contribution in [0.3, 0.4) is 0 Å². The molecule has 0 heterocycles. The maximum Gasteiger partial charge on any atom is 0.407 e. The Morgan fingerprint density at radius 1 is 0.676 bits per heavy atom. The molecule has 2 atom stereocenters. The monoisotopic (exact) mass is 468 g/mol. The topological polar surface area (TPSA) is 95.1 Å². The molecule has 0 bridgehead atoms. The summed E-state index contributed by atoms with van der Waals surface area (Å²) in [5, 5.41) is 8.46. The number of carbonyl (C=O) groups excluding carboxylic acids is 2. The van der Waals surface area contributed by atoms with Crippen LogP contribution in [-0.2, 0) is 9.47 Å². The normalized spacial score (nSPS) is 12.6. The molecule has 0 aromatic heterocycles. The first-order valence-electron chi connectivity index (χ1n) is 11.5. The second kappa shape index (κ2) is 12.0. The van der Waals surface area contributed by atoms with Crippen LogP contribution in [0.15, 0.2) is 48.5 Å². The van der Waals surface area contributed by atoms with Crippen LogP contribution in [0.5, 0.6) is 11.5 Å². The number of ether oxygens (including phenoxy) is 4. The van der Waals surface area contributed by atoms with Crippen LogP contribution in [-0.4, -0.2) is 51.7 Å². The molecule has 2 amide bonds. The molecule has 0 aliphatic carbocycles. The molecule has 8 heteroatoms. The molecule has 8 nitrogen and oxygen atoms in total. The van der Waals surface area contributed by atoms with Gasteiger partial charge in [0.25, 0.3) is 0 Å². The largest absolute Gasteiger partial charge is 0.488 e. The van der Waals surface area contributed by atoms with E-state index in [1.165, 1.54) is 14.1 Å². The molecule has 0 fully saturated rings. The molecule has 0 saturated heterocycles. The van der Waals surface area contributed by atoms with Crippen LogP contribution in [0.4, 0.5) is 9.59 Å². The summed E-state index contributed by atoms with van der Waals surface area (Å²) >= 11 is 0. The number of fused-ring (bicyclic) bond motifs is 2. The Hall–Kier alpha value is -3.68. The highest BCUT2D eigenvalue weighted by Gasteiger charge is 2.20. The van der Waals surface area contributed by atoms with Crippen LogP contribution < -0.4 is 20.1 Å². The predicted octanol–water partition coefficient (Wildman–Crippen LogP) is 5.02. The lowest BCUT2D eigenvalue weighted by Gasteiger charge is -2.22. The first kappa shape index (κ1) is 25.0. The lowest BCUT2D eigenvalue weighted by atomic mass is 10.0. The third kappa shape index (κ3) is 5.81. The van der Waals surface area contributed by atoms with Crippen LogP contribution in [0, 0.1) is 0 Å². The highest BCUT2D eigenvalue weighted by Crippen LogP contribution is 2.42. The molecule has 0 spiro atoms. The second-order valence-corrected chi connectivity index (χ2v) is 7.74. The maximum atomic E-state index is 11.7. The third-order valence-electron chi connectivity index (χ3n) is 5.53. The van der Waals surface area contributed by atoms with E-state index in [4.69, 9.17) is 18.9 Å². The van der Waals surface area contributed by atoms with Gasteiger partial charge in [0.1, 0.15) is 36.9 Å². The molecule has 0 aliphatic rings. The molecule has 0 radical (unpaired) electrons. The van der Waals surface area contributed by atoms with Crippen molar-refractivity contribution in [2.24, 2.45) is 0 Å². The van der Waals surface area contributed by atoms with Gasteiger partial charge in [-0.3, -0.25) is 0 Å². The van der Waals surface area contributed by atoms with Crippen molar-refractivity contribution < 1.29 is 28.5 Å². The van der Waals surface area contributed by atoms with Gasteiger partial charge >= 0.3 is 12.2 Å². The fourth-order valence-corrected chi connectivity index (χ4v) is 3.60. The summed E-state index contributed by atoms with van der Waals surface area (Å²) in [7, 11) is 3.05. The van der Waals surface area contributed by atoms with E-state index in [2.05, 4.69) is 10.6 Å². The van der Waals surface area contributed by atoms with Crippen LogP contribution in [0.25, 0.3) is 21.5 Å². The van der Waals surface area contributed by atoms with E-state index in [0.717, 1.165) is 21.5 Å². The fraction of sp³-hybridized carbons (Fsp3) is 0.385. The lowest BCUT2D eigenvalue weighted by Crippen LogP contribution is -2.30. The Bertz CT molecular complexity index is 988. The van der Waals surface area contributed by atoms with Gasteiger partial charge in [0, 0.05) is 35.6 Å². The quantitative estimate of drug-likeness (QED) is 0.406. The van der Waals surface area contributed by atoms with Crippen molar-refractivity contribution in [3.8, 4) is 11.5 Å². The average Bonchev–Trinajstić information content (AvgIpc) is 2.88. The molecule has 3 aromatic rings. The molecule has 0 aliphatic heterocycles. The van der Waals surface area contributed by atoms with Crippen LogP contribution >= 0.6 is 0 Å². The maximum absolute atomic E-state index is 11.7. The summed E-state index contributed by atoms with van der Waals surface area (Å²) in [6, 6.07) is 15.7. The lowest BCUT2D eigenvalue weighted by molar-refractivity contribution is 0.0641. The zero-order valence-electron chi connectivity index (χ0n) is 20.1. The molecule has 182 valence electrons. The molecular formula is C26H32N2O6. The first-order chi connectivity index (χ1) is 16.5. The van der Waals surface area contributed by atoms with E-state index in [0.29, 0.717) is 24.3 Å². The van der Waals surface area contributed by atoms with Gasteiger partial charge in [0.2, 0.25) is 0 Å². The summed E-state index contributed by atoms with van der Waals surface area (Å²) in [6.07, 6.45) is -0.513. The summed E-state index contributed by atoms with van der Waals surface area (Å²) in [4.78, 5) is 23.3. The number of benzene rings is 3.